The van der Waals surface area contributed by atoms with Crippen molar-refractivity contribution in [2.24, 2.45) is 34.5 Å². The van der Waals surface area contributed by atoms with Crippen molar-refractivity contribution in [3.05, 3.63) is 0 Å². The van der Waals surface area contributed by atoms with Crippen molar-refractivity contribution in [3.63, 3.8) is 0 Å². The Morgan fingerprint density at radius 1 is 1.19 bits per heavy atom. The molecule has 0 aromatic heterocycles. The molecule has 0 aliphatic heterocycles. The van der Waals surface area contributed by atoms with Crippen molar-refractivity contribution >= 4 is 5.78 Å². The summed E-state index contributed by atoms with van der Waals surface area (Å²) >= 11 is 0. The molecular weight excluding hydrogens is 338 g/mol. The zero-order valence-corrected chi connectivity index (χ0v) is 17.9. The molecule has 0 heterocycles. The van der Waals surface area contributed by atoms with Gasteiger partial charge in [-0.05, 0) is 88.6 Å². The number of fused-ring (bicyclic) bond motifs is 5. The van der Waals surface area contributed by atoms with E-state index in [1.165, 1.54) is 12.8 Å². The summed E-state index contributed by atoms with van der Waals surface area (Å²) < 4.78 is 5.99. The minimum absolute atomic E-state index is 0.0312. The number of aliphatic hydroxyl groups is 1. The van der Waals surface area contributed by atoms with Gasteiger partial charge in [-0.3, -0.25) is 4.79 Å². The van der Waals surface area contributed by atoms with E-state index in [4.69, 9.17) is 4.74 Å². The Bertz CT molecular complexity index is 592. The monoisotopic (exact) mass is 377 g/mol. The molecule has 4 fully saturated rings. The number of hydrogen-bond donors (Lipinski definition) is 1. The predicted octanol–water partition coefficient (Wildman–Crippen LogP) is 3.51. The molecule has 4 aliphatic carbocycles. The lowest BCUT2D eigenvalue weighted by Crippen LogP contribution is -2.63. The van der Waals surface area contributed by atoms with Crippen LogP contribution < -0.4 is 0 Å². The van der Waals surface area contributed by atoms with Crippen LogP contribution in [0.3, 0.4) is 0 Å². The molecule has 27 heavy (non-hydrogen) atoms. The van der Waals surface area contributed by atoms with Crippen molar-refractivity contribution in [2.45, 2.75) is 84.0 Å². The summed E-state index contributed by atoms with van der Waals surface area (Å²) in [5, 5.41) is 10.7. The number of rotatable bonds is 3. The Morgan fingerprint density at radius 2 is 1.93 bits per heavy atom. The smallest absolute Gasteiger partial charge is 0.139 e. The summed E-state index contributed by atoms with van der Waals surface area (Å²) in [5.41, 5.74) is 0.0800. The van der Waals surface area contributed by atoms with Crippen molar-refractivity contribution < 1.29 is 14.6 Å². The minimum atomic E-state index is -0.320. The van der Waals surface area contributed by atoms with Crippen LogP contribution in [0.4, 0.5) is 0 Å². The molecule has 4 aliphatic rings. The first kappa shape index (κ1) is 19.8. The molecule has 4 heteroatoms. The molecule has 0 aromatic rings. The lowest BCUT2D eigenvalue weighted by molar-refractivity contribution is -0.186. The minimum Gasteiger partial charge on any atom is -0.390 e. The van der Waals surface area contributed by atoms with Gasteiger partial charge in [-0.15, -0.1) is 0 Å². The average molecular weight is 378 g/mol. The Morgan fingerprint density at radius 3 is 2.59 bits per heavy atom. The van der Waals surface area contributed by atoms with E-state index in [1.807, 2.05) is 6.92 Å². The Balaban J connectivity index is 1.72. The van der Waals surface area contributed by atoms with Gasteiger partial charge in [0.15, 0.2) is 0 Å². The molecule has 0 radical (unpaired) electrons. The number of carbonyl (C=O) groups excluding carboxylic acids is 1. The molecule has 4 rings (SSSR count). The number of carbonyl (C=O) groups is 1. The van der Waals surface area contributed by atoms with Crippen LogP contribution in [0, 0.1) is 34.5 Å². The summed E-state index contributed by atoms with van der Waals surface area (Å²) in [6, 6.07) is 0.448. The fraction of sp³-hybridized carbons (Fsp3) is 0.957. The zero-order chi connectivity index (χ0) is 19.6. The molecule has 4 nitrogen and oxygen atoms in total. The Hall–Kier alpha value is -0.450. The largest absolute Gasteiger partial charge is 0.390 e. The second-order valence-corrected chi connectivity index (χ2v) is 10.7. The van der Waals surface area contributed by atoms with E-state index in [0.717, 1.165) is 32.1 Å². The summed E-state index contributed by atoms with van der Waals surface area (Å²) in [6.07, 6.45) is 6.81. The predicted molar refractivity (Wildman–Crippen MR) is 106 cm³/mol. The van der Waals surface area contributed by atoms with Crippen molar-refractivity contribution in [3.8, 4) is 0 Å². The summed E-state index contributed by atoms with van der Waals surface area (Å²) in [7, 11) is 4.41. The molecule has 9 atom stereocenters. The number of hydrogen-bond acceptors (Lipinski definition) is 4. The van der Waals surface area contributed by atoms with E-state index in [0.29, 0.717) is 42.1 Å². The van der Waals surface area contributed by atoms with Gasteiger partial charge in [0, 0.05) is 24.5 Å². The van der Waals surface area contributed by atoms with Gasteiger partial charge in [0.25, 0.3) is 0 Å². The van der Waals surface area contributed by atoms with E-state index in [-0.39, 0.29) is 23.0 Å². The summed E-state index contributed by atoms with van der Waals surface area (Å²) in [6.45, 7) is 7.45. The highest BCUT2D eigenvalue weighted by Crippen LogP contribution is 2.66. The summed E-state index contributed by atoms with van der Waals surface area (Å²) in [5.74, 6) is 2.89. The molecular formula is C23H39NO3. The quantitative estimate of drug-likeness (QED) is 0.818. The third-order valence-corrected chi connectivity index (χ3v) is 9.35. The van der Waals surface area contributed by atoms with Crippen LogP contribution in [0.15, 0.2) is 0 Å². The topological polar surface area (TPSA) is 49.8 Å². The number of aliphatic hydroxyl groups excluding tert-OH is 1. The van der Waals surface area contributed by atoms with E-state index >= 15 is 0 Å². The van der Waals surface area contributed by atoms with E-state index < -0.39 is 0 Å². The second-order valence-electron chi connectivity index (χ2n) is 10.7. The molecule has 1 N–H and O–H groups in total. The highest BCUT2D eigenvalue weighted by atomic mass is 16.5. The van der Waals surface area contributed by atoms with Gasteiger partial charge in [0.1, 0.15) is 5.78 Å². The molecule has 0 bridgehead atoms. The fourth-order valence-electron chi connectivity index (χ4n) is 8.04. The van der Waals surface area contributed by atoms with Crippen LogP contribution in [-0.2, 0) is 9.53 Å². The number of ether oxygens (including phenoxy) is 1. The first-order valence-electron chi connectivity index (χ1n) is 11.2. The van der Waals surface area contributed by atoms with Crippen LogP contribution in [0.5, 0.6) is 0 Å². The molecule has 4 unspecified atom stereocenters. The normalized spacial score (nSPS) is 52.4. The number of ketones is 1. The van der Waals surface area contributed by atoms with Crippen LogP contribution in [-0.4, -0.2) is 54.7 Å². The molecule has 0 aromatic carbocycles. The van der Waals surface area contributed by atoms with Crippen LogP contribution in [0.1, 0.15) is 65.7 Å². The van der Waals surface area contributed by atoms with Crippen LogP contribution >= 0.6 is 0 Å². The Labute approximate surface area is 165 Å². The maximum Gasteiger partial charge on any atom is 0.139 e. The van der Waals surface area contributed by atoms with Crippen LogP contribution in [0.2, 0.25) is 0 Å². The molecule has 0 saturated heterocycles. The van der Waals surface area contributed by atoms with E-state index in [9.17, 15) is 9.90 Å². The maximum atomic E-state index is 12.8. The highest BCUT2D eigenvalue weighted by Gasteiger charge is 2.64. The second kappa shape index (κ2) is 6.81. The van der Waals surface area contributed by atoms with Gasteiger partial charge < -0.3 is 14.7 Å². The zero-order valence-electron chi connectivity index (χ0n) is 17.9. The summed E-state index contributed by atoms with van der Waals surface area (Å²) in [4.78, 5) is 15.2. The number of nitrogens with zero attached hydrogens (tertiary/aromatic N) is 1. The Kier molecular flexibility index (Phi) is 5.01. The molecule has 4 saturated carbocycles. The third kappa shape index (κ3) is 2.85. The fourth-order valence-corrected chi connectivity index (χ4v) is 8.04. The standard InChI is InChI=1S/C23H39NO3/c1-6-27-19-13-22(2)14(11-18(19)25)7-8-15-16-9-10-20(26)23(16,3)12-17(21(15)22)24(4)5/h14-19,21,25H,6-13H2,1-5H3/t14?,15-,16-,17?,18?,19?,21-,22-,23-/m0/s1. The highest BCUT2D eigenvalue weighted by molar-refractivity contribution is 5.87. The van der Waals surface area contributed by atoms with Gasteiger partial charge in [0.05, 0.1) is 12.2 Å². The van der Waals surface area contributed by atoms with Gasteiger partial charge >= 0.3 is 0 Å². The lowest BCUT2D eigenvalue weighted by atomic mass is 9.43. The van der Waals surface area contributed by atoms with Gasteiger partial charge in [0.2, 0.25) is 0 Å². The number of Topliss-reactive ketones (excluding diaryl/α,β-unsaturated/α-hetero) is 1. The van der Waals surface area contributed by atoms with E-state index in [2.05, 4.69) is 32.8 Å². The van der Waals surface area contributed by atoms with Crippen molar-refractivity contribution in [1.82, 2.24) is 4.90 Å². The van der Waals surface area contributed by atoms with Crippen molar-refractivity contribution in [2.75, 3.05) is 20.7 Å². The van der Waals surface area contributed by atoms with Gasteiger partial charge in [-0.1, -0.05) is 13.8 Å². The van der Waals surface area contributed by atoms with Crippen LogP contribution in [0.25, 0.3) is 0 Å². The van der Waals surface area contributed by atoms with Gasteiger partial charge in [-0.25, -0.2) is 0 Å². The molecule has 0 amide bonds. The average Bonchev–Trinajstić information content (AvgIpc) is 2.90. The molecule has 0 spiro atoms. The SMILES string of the molecule is CCOC1C[C@@]2(C)C(CC[C@@H]3[C@H]2C(N(C)C)C[C@]2(C)C(=O)CC[C@@H]32)CC1O. The third-order valence-electron chi connectivity index (χ3n) is 9.35. The first-order chi connectivity index (χ1) is 12.7. The van der Waals surface area contributed by atoms with Gasteiger partial charge in [-0.2, -0.15) is 0 Å². The van der Waals surface area contributed by atoms with Crippen molar-refractivity contribution in [1.29, 1.82) is 0 Å². The first-order valence-corrected chi connectivity index (χ1v) is 11.2. The lowest BCUT2D eigenvalue weighted by Gasteiger charge is -2.64. The van der Waals surface area contributed by atoms with E-state index in [1.54, 1.807) is 0 Å². The maximum absolute atomic E-state index is 12.8. The molecule has 154 valence electrons.